The molecule has 0 bridgehead atoms. The summed E-state index contributed by atoms with van der Waals surface area (Å²) in [6, 6.07) is 12.2. The van der Waals surface area contributed by atoms with Crippen LogP contribution in [0.3, 0.4) is 0 Å². The molecule has 25 heavy (non-hydrogen) atoms. The number of carbonyl (C=O) groups excluding carboxylic acids is 1. The van der Waals surface area contributed by atoms with Crippen molar-refractivity contribution in [2.75, 3.05) is 5.32 Å². The number of fused-ring (bicyclic) bond motifs is 1. The molecule has 1 aliphatic rings. The highest BCUT2D eigenvalue weighted by molar-refractivity contribution is 7.10. The Morgan fingerprint density at radius 1 is 1.12 bits per heavy atom. The van der Waals surface area contributed by atoms with Crippen LogP contribution in [-0.4, -0.2) is 15.8 Å². The Morgan fingerprint density at radius 3 is 2.76 bits per heavy atom. The number of aromatic nitrogens is 2. The Hall–Kier alpha value is -2.53. The Morgan fingerprint density at radius 2 is 2.00 bits per heavy atom. The minimum Gasteiger partial charge on any atom is -0.324 e. The van der Waals surface area contributed by atoms with Crippen LogP contribution in [0.25, 0.3) is 0 Å². The van der Waals surface area contributed by atoms with Crippen LogP contribution in [-0.2, 0) is 6.42 Å². The van der Waals surface area contributed by atoms with Gasteiger partial charge >= 0.3 is 0 Å². The average Bonchev–Trinajstić information content (AvgIpc) is 3.08. The summed E-state index contributed by atoms with van der Waals surface area (Å²) in [6.07, 6.45) is 1.33. The van der Waals surface area contributed by atoms with E-state index >= 15 is 0 Å². The molecule has 0 radical (unpaired) electrons. The molecule has 1 aliphatic carbocycles. The summed E-state index contributed by atoms with van der Waals surface area (Å²) in [7, 11) is 0. The van der Waals surface area contributed by atoms with E-state index in [1.165, 1.54) is 10.4 Å². The van der Waals surface area contributed by atoms with E-state index in [2.05, 4.69) is 45.8 Å². The normalized spacial score (nSPS) is 16.6. The largest absolute Gasteiger partial charge is 0.324 e. The van der Waals surface area contributed by atoms with Crippen LogP contribution < -0.4 is 5.32 Å². The molecule has 1 atom stereocenters. The van der Waals surface area contributed by atoms with Gasteiger partial charge in [0.1, 0.15) is 0 Å². The Labute approximate surface area is 151 Å². The summed E-state index contributed by atoms with van der Waals surface area (Å²) >= 11 is 1.71. The summed E-state index contributed by atoms with van der Waals surface area (Å²) in [4.78, 5) is 23.1. The number of hydrogen-bond acceptors (Lipinski definition) is 5. The zero-order valence-corrected chi connectivity index (χ0v) is 15.1. The molecule has 4 rings (SSSR count). The van der Waals surface area contributed by atoms with Gasteiger partial charge < -0.3 is 5.32 Å². The second kappa shape index (κ2) is 6.41. The topological polar surface area (TPSA) is 54.9 Å². The van der Waals surface area contributed by atoms with Gasteiger partial charge in [-0.1, -0.05) is 18.2 Å². The van der Waals surface area contributed by atoms with Crippen LogP contribution in [0.4, 0.5) is 11.6 Å². The van der Waals surface area contributed by atoms with Crippen molar-refractivity contribution in [3.05, 3.63) is 69.2 Å². The van der Waals surface area contributed by atoms with Gasteiger partial charge in [-0.05, 0) is 49.4 Å². The molecule has 0 aliphatic heterocycles. The van der Waals surface area contributed by atoms with Gasteiger partial charge in [0.15, 0.2) is 5.78 Å². The number of nitrogens with one attached hydrogen (secondary N) is 1. The second-order valence-corrected chi connectivity index (χ2v) is 7.47. The summed E-state index contributed by atoms with van der Waals surface area (Å²) in [6.45, 7) is 3.94. The van der Waals surface area contributed by atoms with Crippen LogP contribution in [0.1, 0.15) is 44.5 Å². The van der Waals surface area contributed by atoms with Crippen molar-refractivity contribution in [2.24, 2.45) is 0 Å². The predicted molar refractivity (Wildman–Crippen MR) is 101 cm³/mol. The lowest BCUT2D eigenvalue weighted by Gasteiger charge is -2.23. The van der Waals surface area contributed by atoms with E-state index < -0.39 is 0 Å². The van der Waals surface area contributed by atoms with Crippen molar-refractivity contribution >= 4 is 28.8 Å². The van der Waals surface area contributed by atoms with Gasteiger partial charge in [0.2, 0.25) is 5.95 Å². The molecule has 1 N–H and O–H groups in total. The molecule has 5 heteroatoms. The number of aryl methyl sites for hydroxylation is 2. The van der Waals surface area contributed by atoms with Crippen molar-refractivity contribution in [1.82, 2.24) is 9.97 Å². The molecule has 126 valence electrons. The maximum Gasteiger partial charge on any atom is 0.227 e. The molecule has 0 unspecified atom stereocenters. The SMILES string of the molecule is Cc1cccc(Nc2nc(C)c3c(n2)C[C@H](c2cccs2)CC3=O)c1. The lowest BCUT2D eigenvalue weighted by molar-refractivity contribution is 0.0962. The molecule has 4 nitrogen and oxygen atoms in total. The molecule has 0 saturated heterocycles. The van der Waals surface area contributed by atoms with Gasteiger partial charge in [-0.25, -0.2) is 9.97 Å². The highest BCUT2D eigenvalue weighted by Gasteiger charge is 2.30. The number of nitrogens with zero attached hydrogens (tertiary/aromatic N) is 2. The number of ketones is 1. The number of carbonyl (C=O) groups is 1. The third kappa shape index (κ3) is 3.20. The number of benzene rings is 1. The smallest absolute Gasteiger partial charge is 0.227 e. The van der Waals surface area contributed by atoms with Crippen LogP contribution in [0.5, 0.6) is 0 Å². The molecular weight excluding hydrogens is 330 g/mol. The standard InChI is InChI=1S/C20H19N3OS/c1-12-5-3-6-15(9-12)22-20-21-13(2)19-16(23-20)10-14(11-17(19)24)18-7-4-8-25-18/h3-9,14H,10-11H2,1-2H3,(H,21,22,23)/t14-/m0/s1. The number of Topliss-reactive ketones (excluding diaryl/α,β-unsaturated/α-hetero) is 1. The van der Waals surface area contributed by atoms with Crippen LogP contribution in [0, 0.1) is 13.8 Å². The average molecular weight is 349 g/mol. The summed E-state index contributed by atoms with van der Waals surface area (Å²) in [5, 5.41) is 5.33. The fraction of sp³-hybridized carbons (Fsp3) is 0.250. The lowest BCUT2D eigenvalue weighted by atomic mass is 9.84. The molecule has 1 aromatic carbocycles. The minimum absolute atomic E-state index is 0.152. The predicted octanol–water partition coefficient (Wildman–Crippen LogP) is 4.81. The molecular formula is C20H19N3OS. The second-order valence-electron chi connectivity index (χ2n) is 6.49. The Bertz CT molecular complexity index is 934. The van der Waals surface area contributed by atoms with E-state index in [0.29, 0.717) is 17.9 Å². The van der Waals surface area contributed by atoms with Crippen LogP contribution >= 0.6 is 11.3 Å². The third-order valence-electron chi connectivity index (χ3n) is 4.53. The van der Waals surface area contributed by atoms with Crippen molar-refractivity contribution in [3.63, 3.8) is 0 Å². The molecule has 0 spiro atoms. The zero-order valence-electron chi connectivity index (χ0n) is 14.2. The monoisotopic (exact) mass is 349 g/mol. The fourth-order valence-electron chi connectivity index (χ4n) is 3.41. The summed E-state index contributed by atoms with van der Waals surface area (Å²) < 4.78 is 0. The van der Waals surface area contributed by atoms with Crippen molar-refractivity contribution in [3.8, 4) is 0 Å². The zero-order chi connectivity index (χ0) is 17.4. The Balaban J connectivity index is 1.68. The molecule has 0 fully saturated rings. The number of thiophene rings is 1. The summed E-state index contributed by atoms with van der Waals surface area (Å²) in [5.74, 6) is 0.932. The van der Waals surface area contributed by atoms with E-state index in [-0.39, 0.29) is 11.7 Å². The fourth-order valence-corrected chi connectivity index (χ4v) is 4.24. The first-order valence-electron chi connectivity index (χ1n) is 8.38. The molecule has 2 aromatic heterocycles. The van der Waals surface area contributed by atoms with Gasteiger partial charge in [0.05, 0.1) is 17.0 Å². The number of hydrogen-bond donors (Lipinski definition) is 1. The molecule has 2 heterocycles. The maximum absolute atomic E-state index is 12.6. The third-order valence-corrected chi connectivity index (χ3v) is 5.57. The number of rotatable bonds is 3. The van der Waals surface area contributed by atoms with E-state index in [4.69, 9.17) is 0 Å². The number of anilines is 2. The van der Waals surface area contributed by atoms with Crippen LogP contribution in [0.15, 0.2) is 41.8 Å². The first kappa shape index (κ1) is 16.0. The molecule has 0 saturated carbocycles. The minimum atomic E-state index is 0.152. The van der Waals surface area contributed by atoms with Gasteiger partial charge in [0.25, 0.3) is 0 Å². The van der Waals surface area contributed by atoms with Gasteiger partial charge in [-0.2, -0.15) is 0 Å². The molecule has 0 amide bonds. The van der Waals surface area contributed by atoms with E-state index in [1.807, 2.05) is 25.1 Å². The maximum atomic E-state index is 12.6. The van der Waals surface area contributed by atoms with E-state index in [9.17, 15) is 4.79 Å². The first-order chi connectivity index (χ1) is 12.1. The quantitative estimate of drug-likeness (QED) is 0.737. The van der Waals surface area contributed by atoms with Crippen molar-refractivity contribution < 1.29 is 4.79 Å². The highest BCUT2D eigenvalue weighted by Crippen LogP contribution is 2.35. The highest BCUT2D eigenvalue weighted by atomic mass is 32.1. The van der Waals surface area contributed by atoms with Crippen molar-refractivity contribution in [2.45, 2.75) is 32.6 Å². The van der Waals surface area contributed by atoms with E-state index in [0.717, 1.165) is 23.5 Å². The van der Waals surface area contributed by atoms with Gasteiger partial charge in [-0.15, -0.1) is 11.3 Å². The van der Waals surface area contributed by atoms with Gasteiger partial charge in [-0.3, -0.25) is 4.79 Å². The Kier molecular flexibility index (Phi) is 4.09. The first-order valence-corrected chi connectivity index (χ1v) is 9.26. The van der Waals surface area contributed by atoms with Gasteiger partial charge in [0, 0.05) is 22.9 Å². The lowest BCUT2D eigenvalue weighted by Crippen LogP contribution is -2.22. The van der Waals surface area contributed by atoms with Crippen molar-refractivity contribution in [1.29, 1.82) is 0 Å². The summed E-state index contributed by atoms with van der Waals surface area (Å²) in [5.41, 5.74) is 4.46. The van der Waals surface area contributed by atoms with Crippen LogP contribution in [0.2, 0.25) is 0 Å². The molecule has 3 aromatic rings. The van der Waals surface area contributed by atoms with E-state index in [1.54, 1.807) is 11.3 Å².